The van der Waals surface area contributed by atoms with E-state index in [0.717, 1.165) is 52.2 Å². The van der Waals surface area contributed by atoms with Gasteiger partial charge in [-0.25, -0.2) is 4.98 Å². The monoisotopic (exact) mass is 442 g/mol. The van der Waals surface area contributed by atoms with Crippen LogP contribution in [0.4, 0.5) is 0 Å². The van der Waals surface area contributed by atoms with E-state index in [1.165, 1.54) is 23.3 Å². The van der Waals surface area contributed by atoms with Crippen molar-refractivity contribution in [2.24, 2.45) is 0 Å². The summed E-state index contributed by atoms with van der Waals surface area (Å²) in [5.74, 6) is 0.532. The number of thioether (sulfide) groups is 1. The second kappa shape index (κ2) is 8.16. The third kappa shape index (κ3) is 3.80. The third-order valence-corrected chi connectivity index (χ3v) is 7.70. The Bertz CT molecular complexity index is 1020. The van der Waals surface area contributed by atoms with Crippen molar-refractivity contribution in [1.29, 1.82) is 0 Å². The molecule has 0 saturated carbocycles. The van der Waals surface area contributed by atoms with Gasteiger partial charge in [-0.05, 0) is 31.7 Å². The van der Waals surface area contributed by atoms with Crippen molar-refractivity contribution in [3.05, 3.63) is 30.8 Å². The van der Waals surface area contributed by atoms with Crippen LogP contribution in [-0.2, 0) is 23.5 Å². The molecular formula is C17H19ClN4O2S3. The molecule has 144 valence electrons. The third-order valence-electron chi connectivity index (χ3n) is 4.69. The molecule has 1 saturated heterocycles. The minimum atomic E-state index is 0.0294. The maximum Gasteiger partial charge on any atom is 0.263 e. The highest BCUT2D eigenvalue weighted by molar-refractivity contribution is 7.98. The van der Waals surface area contributed by atoms with Gasteiger partial charge in [-0.3, -0.25) is 9.36 Å². The Morgan fingerprint density at radius 3 is 2.96 bits per heavy atom. The average molecular weight is 443 g/mol. The molecule has 0 bridgehead atoms. The number of nitrogens with zero attached hydrogens (tertiary/aromatic N) is 4. The molecule has 1 unspecified atom stereocenters. The highest BCUT2D eigenvalue weighted by Crippen LogP contribution is 2.32. The van der Waals surface area contributed by atoms with Gasteiger partial charge < -0.3 is 4.74 Å². The number of aromatic nitrogens is 4. The van der Waals surface area contributed by atoms with Crippen molar-refractivity contribution in [1.82, 2.24) is 19.1 Å². The molecule has 0 aliphatic carbocycles. The summed E-state index contributed by atoms with van der Waals surface area (Å²) >= 11 is 10.4. The largest absolute Gasteiger partial charge is 0.376 e. The summed E-state index contributed by atoms with van der Waals surface area (Å²) in [5, 5.41) is 5.51. The van der Waals surface area contributed by atoms with Crippen molar-refractivity contribution in [3.8, 4) is 0 Å². The first kappa shape index (κ1) is 19.3. The first-order chi connectivity index (χ1) is 13.1. The van der Waals surface area contributed by atoms with Gasteiger partial charge in [0.15, 0.2) is 5.16 Å². The summed E-state index contributed by atoms with van der Waals surface area (Å²) < 4.78 is 12.0. The van der Waals surface area contributed by atoms with Gasteiger partial charge in [-0.2, -0.15) is 0 Å². The fourth-order valence-electron chi connectivity index (χ4n) is 3.34. The van der Waals surface area contributed by atoms with Gasteiger partial charge in [-0.15, -0.1) is 16.4 Å². The van der Waals surface area contributed by atoms with Crippen LogP contribution in [0.1, 0.15) is 35.9 Å². The Labute approximate surface area is 174 Å². The standard InChI is InChI=1S/C17H19ClN4O2S3/c1-3-11-9(2)26-15-13(11)16(23)22(7-10-5-4-6-24-10)17(19-15)25-8-12-14(18)27-21-20-12/h10H,3-8H2,1-2H3. The molecule has 6 nitrogen and oxygen atoms in total. The fourth-order valence-corrected chi connectivity index (χ4v) is 6.23. The van der Waals surface area contributed by atoms with Crippen molar-refractivity contribution in [3.63, 3.8) is 0 Å². The van der Waals surface area contributed by atoms with Gasteiger partial charge in [0.2, 0.25) is 0 Å². The second-order valence-electron chi connectivity index (χ2n) is 6.40. The van der Waals surface area contributed by atoms with E-state index in [2.05, 4.69) is 23.4 Å². The van der Waals surface area contributed by atoms with Crippen LogP contribution in [-0.4, -0.2) is 31.8 Å². The van der Waals surface area contributed by atoms with Crippen LogP contribution < -0.4 is 5.56 Å². The zero-order chi connectivity index (χ0) is 19.0. The lowest BCUT2D eigenvalue weighted by molar-refractivity contribution is 0.0937. The molecule has 1 aliphatic heterocycles. The second-order valence-corrected chi connectivity index (χ2v) is 9.90. The molecule has 1 fully saturated rings. The maximum absolute atomic E-state index is 13.4. The molecule has 0 spiro atoms. The van der Waals surface area contributed by atoms with Gasteiger partial charge in [0.1, 0.15) is 14.9 Å². The SMILES string of the molecule is CCc1c(C)sc2nc(SCc3nnsc3Cl)n(CC3CCCO3)c(=O)c12. The van der Waals surface area contributed by atoms with E-state index in [9.17, 15) is 4.79 Å². The zero-order valence-electron chi connectivity index (χ0n) is 15.0. The number of hydrogen-bond acceptors (Lipinski definition) is 8. The molecule has 4 rings (SSSR count). The molecule has 0 radical (unpaired) electrons. The van der Waals surface area contributed by atoms with Gasteiger partial charge >= 0.3 is 0 Å². The van der Waals surface area contributed by atoms with Crippen molar-refractivity contribution in [2.75, 3.05) is 6.61 Å². The quantitative estimate of drug-likeness (QED) is 0.418. The zero-order valence-corrected chi connectivity index (χ0v) is 18.2. The van der Waals surface area contributed by atoms with Crippen LogP contribution in [0.15, 0.2) is 9.95 Å². The number of halogens is 1. The van der Waals surface area contributed by atoms with E-state index in [0.29, 0.717) is 21.8 Å². The maximum atomic E-state index is 13.4. The van der Waals surface area contributed by atoms with Crippen molar-refractivity contribution < 1.29 is 4.74 Å². The molecule has 3 aromatic rings. The Morgan fingerprint density at radius 1 is 1.44 bits per heavy atom. The van der Waals surface area contributed by atoms with Crippen LogP contribution in [0.5, 0.6) is 0 Å². The lowest BCUT2D eigenvalue weighted by Gasteiger charge is -2.15. The van der Waals surface area contributed by atoms with Crippen LogP contribution in [0.3, 0.4) is 0 Å². The number of rotatable bonds is 6. The molecule has 10 heteroatoms. The topological polar surface area (TPSA) is 69.9 Å². The summed E-state index contributed by atoms with van der Waals surface area (Å²) in [5.41, 5.74) is 1.86. The van der Waals surface area contributed by atoms with Crippen molar-refractivity contribution >= 4 is 56.4 Å². The highest BCUT2D eigenvalue weighted by Gasteiger charge is 2.23. The molecule has 3 aromatic heterocycles. The molecular weight excluding hydrogens is 424 g/mol. The summed E-state index contributed by atoms with van der Waals surface area (Å²) in [6.45, 7) is 5.43. The lowest BCUT2D eigenvalue weighted by Crippen LogP contribution is -2.29. The van der Waals surface area contributed by atoms with Gasteiger partial charge in [0.25, 0.3) is 5.56 Å². The Hall–Kier alpha value is -1.00. The fraction of sp³-hybridized carbons (Fsp3) is 0.529. The molecule has 27 heavy (non-hydrogen) atoms. The van der Waals surface area contributed by atoms with Gasteiger partial charge in [0.05, 0.1) is 18.0 Å². The van der Waals surface area contributed by atoms with Crippen molar-refractivity contribution in [2.45, 2.75) is 56.7 Å². The molecule has 4 heterocycles. The Balaban J connectivity index is 1.77. The van der Waals surface area contributed by atoms with E-state index >= 15 is 0 Å². The average Bonchev–Trinajstić information content (AvgIpc) is 3.36. The first-order valence-corrected chi connectivity index (χ1v) is 11.8. The van der Waals surface area contributed by atoms with E-state index in [1.807, 2.05) is 0 Å². The van der Waals surface area contributed by atoms with E-state index < -0.39 is 0 Å². The molecule has 0 amide bonds. The number of fused-ring (bicyclic) bond motifs is 1. The van der Waals surface area contributed by atoms with Gasteiger partial charge in [0, 0.05) is 28.8 Å². The number of ether oxygens (including phenoxy) is 1. The van der Waals surface area contributed by atoms with E-state index in [-0.39, 0.29) is 11.7 Å². The van der Waals surface area contributed by atoms with Crippen LogP contribution in [0, 0.1) is 6.92 Å². The first-order valence-electron chi connectivity index (χ1n) is 8.82. The molecule has 0 aromatic carbocycles. The summed E-state index contributed by atoms with van der Waals surface area (Å²) in [6.07, 6.45) is 2.90. The lowest BCUT2D eigenvalue weighted by atomic mass is 10.1. The summed E-state index contributed by atoms with van der Waals surface area (Å²) in [6, 6.07) is 0. The minimum absolute atomic E-state index is 0.0294. The summed E-state index contributed by atoms with van der Waals surface area (Å²) in [4.78, 5) is 20.2. The Kier molecular flexibility index (Phi) is 5.84. The highest BCUT2D eigenvalue weighted by atomic mass is 35.5. The Morgan fingerprint density at radius 2 is 2.30 bits per heavy atom. The van der Waals surface area contributed by atoms with Crippen LogP contribution >= 0.6 is 46.2 Å². The van der Waals surface area contributed by atoms with E-state index in [1.54, 1.807) is 15.9 Å². The molecule has 1 aliphatic rings. The van der Waals surface area contributed by atoms with Gasteiger partial charge in [-0.1, -0.05) is 34.8 Å². The molecule has 1 atom stereocenters. The van der Waals surface area contributed by atoms with Crippen LogP contribution in [0.25, 0.3) is 10.2 Å². The smallest absolute Gasteiger partial charge is 0.263 e. The molecule has 0 N–H and O–H groups in total. The number of thiophene rings is 1. The predicted molar refractivity (Wildman–Crippen MR) is 111 cm³/mol. The summed E-state index contributed by atoms with van der Waals surface area (Å²) in [7, 11) is 0. The number of aryl methyl sites for hydroxylation is 2. The normalized spacial score (nSPS) is 17.2. The minimum Gasteiger partial charge on any atom is -0.376 e. The number of hydrogen-bond donors (Lipinski definition) is 0. The predicted octanol–water partition coefficient (Wildman–Crippen LogP) is 4.31. The van der Waals surface area contributed by atoms with Crippen LogP contribution in [0.2, 0.25) is 4.34 Å². The van der Waals surface area contributed by atoms with E-state index in [4.69, 9.17) is 21.3 Å².